The normalized spacial score (nSPS) is 23.7. The summed E-state index contributed by atoms with van der Waals surface area (Å²) in [5, 5.41) is 3.58. The van der Waals surface area contributed by atoms with Gasteiger partial charge in [-0.3, -0.25) is 0 Å². The molecule has 1 aromatic carbocycles. The van der Waals surface area contributed by atoms with Crippen molar-refractivity contribution in [2.24, 2.45) is 5.92 Å². The Morgan fingerprint density at radius 3 is 2.89 bits per heavy atom. The van der Waals surface area contributed by atoms with Crippen LogP contribution in [-0.4, -0.2) is 25.7 Å². The highest BCUT2D eigenvalue weighted by molar-refractivity contribution is 9.10. The van der Waals surface area contributed by atoms with Crippen molar-refractivity contribution in [3.63, 3.8) is 0 Å². The molecule has 1 heterocycles. The second kappa shape index (κ2) is 5.17. The fourth-order valence-electron chi connectivity index (χ4n) is 2.54. The van der Waals surface area contributed by atoms with Crippen LogP contribution in [0.3, 0.4) is 0 Å². The Balaban J connectivity index is 1.58. The summed E-state index contributed by atoms with van der Waals surface area (Å²) in [5.74, 6) is 0.532. The second-order valence-electron chi connectivity index (χ2n) is 5.38. The monoisotopic (exact) mass is 312 g/mol. The van der Waals surface area contributed by atoms with Gasteiger partial charge in [0, 0.05) is 24.8 Å². The molecule has 98 valence electrons. The number of rotatable bonds is 4. The van der Waals surface area contributed by atoms with Crippen molar-refractivity contribution in [3.8, 4) is 0 Å². The molecule has 1 aliphatic heterocycles. The summed E-state index contributed by atoms with van der Waals surface area (Å²) < 4.78 is 14.0. The molecular formula is C14H18BrFN2. The van der Waals surface area contributed by atoms with Crippen LogP contribution in [-0.2, 0) is 0 Å². The molecule has 1 saturated carbocycles. The van der Waals surface area contributed by atoms with Gasteiger partial charge < -0.3 is 10.2 Å². The zero-order valence-corrected chi connectivity index (χ0v) is 11.9. The van der Waals surface area contributed by atoms with Crippen LogP contribution in [0.4, 0.5) is 10.1 Å². The van der Waals surface area contributed by atoms with Crippen LogP contribution in [0.1, 0.15) is 19.3 Å². The van der Waals surface area contributed by atoms with Crippen molar-refractivity contribution >= 4 is 21.6 Å². The molecule has 1 saturated heterocycles. The predicted octanol–water partition coefficient (Wildman–Crippen LogP) is 3.17. The third-order valence-corrected chi connectivity index (χ3v) is 4.47. The zero-order chi connectivity index (χ0) is 12.5. The van der Waals surface area contributed by atoms with Crippen LogP contribution in [0.2, 0.25) is 0 Å². The lowest BCUT2D eigenvalue weighted by Crippen LogP contribution is -2.27. The number of nitrogens with one attached hydrogen (secondary N) is 1. The fourth-order valence-corrected chi connectivity index (χ4v) is 2.78. The molecule has 2 fully saturated rings. The zero-order valence-electron chi connectivity index (χ0n) is 10.3. The van der Waals surface area contributed by atoms with E-state index in [4.69, 9.17) is 0 Å². The molecule has 0 amide bonds. The lowest BCUT2D eigenvalue weighted by Gasteiger charge is -2.19. The minimum absolute atomic E-state index is 0.174. The molecule has 3 rings (SSSR count). The number of hydrogen-bond donors (Lipinski definition) is 1. The molecule has 18 heavy (non-hydrogen) atoms. The van der Waals surface area contributed by atoms with E-state index < -0.39 is 0 Å². The molecule has 1 atom stereocenters. The Morgan fingerprint density at radius 2 is 2.17 bits per heavy atom. The van der Waals surface area contributed by atoms with Gasteiger partial charge in [0.25, 0.3) is 0 Å². The minimum atomic E-state index is -0.174. The Hall–Kier alpha value is -0.610. The summed E-state index contributed by atoms with van der Waals surface area (Å²) in [6, 6.07) is 6.19. The van der Waals surface area contributed by atoms with Gasteiger partial charge in [0.15, 0.2) is 0 Å². The first-order chi connectivity index (χ1) is 8.72. The van der Waals surface area contributed by atoms with Crippen molar-refractivity contribution in [2.45, 2.75) is 25.3 Å². The van der Waals surface area contributed by atoms with Crippen LogP contribution >= 0.6 is 15.9 Å². The number of hydrogen-bond acceptors (Lipinski definition) is 2. The maximum absolute atomic E-state index is 13.5. The van der Waals surface area contributed by atoms with Crippen LogP contribution in [0, 0.1) is 11.7 Å². The van der Waals surface area contributed by atoms with E-state index in [2.05, 4.69) is 26.1 Å². The molecule has 0 bridgehead atoms. The minimum Gasteiger partial charge on any atom is -0.371 e. The molecule has 1 N–H and O–H groups in total. The molecule has 0 spiro atoms. The highest BCUT2D eigenvalue weighted by Crippen LogP contribution is 2.27. The van der Waals surface area contributed by atoms with Crippen molar-refractivity contribution < 1.29 is 4.39 Å². The molecule has 1 unspecified atom stereocenters. The summed E-state index contributed by atoms with van der Waals surface area (Å²) in [5.41, 5.74) is 1.00. The lowest BCUT2D eigenvalue weighted by molar-refractivity contribution is 0.515. The van der Waals surface area contributed by atoms with Gasteiger partial charge in [-0.2, -0.15) is 0 Å². The lowest BCUT2D eigenvalue weighted by atomic mass is 10.1. The molecular weight excluding hydrogens is 295 g/mol. The van der Waals surface area contributed by atoms with Crippen LogP contribution in [0.5, 0.6) is 0 Å². The Bertz CT molecular complexity index is 434. The summed E-state index contributed by atoms with van der Waals surface area (Å²) in [6.07, 6.45) is 3.89. The van der Waals surface area contributed by atoms with Gasteiger partial charge in [0.1, 0.15) is 5.82 Å². The Kier molecular flexibility index (Phi) is 3.57. The SMILES string of the molecule is Fc1cc(N2CCC(CNC3CC3)C2)ccc1Br. The van der Waals surface area contributed by atoms with E-state index in [-0.39, 0.29) is 5.82 Å². The quantitative estimate of drug-likeness (QED) is 0.918. The average Bonchev–Trinajstić information content (AvgIpc) is 3.08. The van der Waals surface area contributed by atoms with Gasteiger partial charge in [-0.1, -0.05) is 0 Å². The van der Waals surface area contributed by atoms with Crippen LogP contribution < -0.4 is 10.2 Å². The van der Waals surface area contributed by atoms with E-state index in [9.17, 15) is 4.39 Å². The van der Waals surface area contributed by atoms with Crippen molar-refractivity contribution in [1.29, 1.82) is 0 Å². The third-order valence-electron chi connectivity index (χ3n) is 3.83. The summed E-state index contributed by atoms with van der Waals surface area (Å²) in [6.45, 7) is 3.19. The van der Waals surface area contributed by atoms with E-state index >= 15 is 0 Å². The van der Waals surface area contributed by atoms with E-state index in [1.54, 1.807) is 12.1 Å². The van der Waals surface area contributed by atoms with Crippen molar-refractivity contribution in [2.75, 3.05) is 24.5 Å². The molecule has 2 nitrogen and oxygen atoms in total. The molecule has 4 heteroatoms. The largest absolute Gasteiger partial charge is 0.371 e. The number of benzene rings is 1. The maximum atomic E-state index is 13.5. The van der Waals surface area contributed by atoms with Crippen LogP contribution in [0.25, 0.3) is 0 Å². The summed E-state index contributed by atoms with van der Waals surface area (Å²) in [7, 11) is 0. The van der Waals surface area contributed by atoms with Crippen molar-refractivity contribution in [1.82, 2.24) is 5.32 Å². The molecule has 2 aliphatic rings. The Morgan fingerprint density at radius 1 is 1.33 bits per heavy atom. The van der Waals surface area contributed by atoms with E-state index in [0.29, 0.717) is 10.4 Å². The molecule has 0 aromatic heterocycles. The standard InChI is InChI=1S/C14H18BrFN2/c15-13-4-3-12(7-14(13)16)18-6-5-10(9-18)8-17-11-1-2-11/h3-4,7,10-11,17H,1-2,5-6,8-9H2. The fraction of sp³-hybridized carbons (Fsp3) is 0.571. The summed E-state index contributed by atoms with van der Waals surface area (Å²) in [4.78, 5) is 2.29. The van der Waals surface area contributed by atoms with E-state index in [0.717, 1.165) is 31.4 Å². The molecule has 0 radical (unpaired) electrons. The van der Waals surface area contributed by atoms with Gasteiger partial charge in [-0.25, -0.2) is 4.39 Å². The first-order valence-electron chi connectivity index (χ1n) is 6.66. The topological polar surface area (TPSA) is 15.3 Å². The van der Waals surface area contributed by atoms with Crippen LogP contribution in [0.15, 0.2) is 22.7 Å². The van der Waals surface area contributed by atoms with Gasteiger partial charge in [-0.05, 0) is 65.9 Å². The second-order valence-corrected chi connectivity index (χ2v) is 6.24. The van der Waals surface area contributed by atoms with E-state index in [1.807, 2.05) is 6.07 Å². The molecule has 1 aliphatic carbocycles. The smallest absolute Gasteiger partial charge is 0.139 e. The highest BCUT2D eigenvalue weighted by atomic mass is 79.9. The first-order valence-corrected chi connectivity index (χ1v) is 7.45. The van der Waals surface area contributed by atoms with Crippen molar-refractivity contribution in [3.05, 3.63) is 28.5 Å². The van der Waals surface area contributed by atoms with Gasteiger partial charge in [0.05, 0.1) is 4.47 Å². The van der Waals surface area contributed by atoms with Gasteiger partial charge >= 0.3 is 0 Å². The average molecular weight is 313 g/mol. The highest BCUT2D eigenvalue weighted by Gasteiger charge is 2.26. The van der Waals surface area contributed by atoms with Gasteiger partial charge in [-0.15, -0.1) is 0 Å². The number of nitrogens with zero attached hydrogens (tertiary/aromatic N) is 1. The van der Waals surface area contributed by atoms with E-state index in [1.165, 1.54) is 19.3 Å². The summed E-state index contributed by atoms with van der Waals surface area (Å²) >= 11 is 3.19. The number of anilines is 1. The number of halogens is 2. The van der Waals surface area contributed by atoms with Gasteiger partial charge in [0.2, 0.25) is 0 Å². The predicted molar refractivity (Wildman–Crippen MR) is 75.4 cm³/mol. The Labute approximate surface area is 116 Å². The third kappa shape index (κ3) is 2.86. The first kappa shape index (κ1) is 12.4. The molecule has 1 aromatic rings. The maximum Gasteiger partial charge on any atom is 0.139 e.